The Hall–Kier alpha value is -1.31. The lowest BCUT2D eigenvalue weighted by Crippen LogP contribution is -2.26. The molecule has 0 unspecified atom stereocenters. The molecule has 2 aromatic rings. The molecule has 2 heterocycles. The van der Waals surface area contributed by atoms with Crippen LogP contribution in [0.5, 0.6) is 0 Å². The minimum absolute atomic E-state index is 0.100. The molecule has 18 heavy (non-hydrogen) atoms. The van der Waals surface area contributed by atoms with Crippen LogP contribution in [-0.2, 0) is 13.1 Å². The van der Waals surface area contributed by atoms with E-state index >= 15 is 0 Å². The van der Waals surface area contributed by atoms with Crippen LogP contribution in [0.2, 0.25) is 0 Å². The zero-order valence-corrected chi connectivity index (χ0v) is 11.8. The van der Waals surface area contributed by atoms with E-state index in [0.717, 1.165) is 15.7 Å². The second kappa shape index (κ2) is 5.55. The van der Waals surface area contributed by atoms with Gasteiger partial charge in [-0.2, -0.15) is 0 Å². The molecule has 0 aliphatic heterocycles. The van der Waals surface area contributed by atoms with Gasteiger partial charge in [0.05, 0.1) is 17.2 Å². The molecule has 0 bridgehead atoms. The number of nitrogens with two attached hydrogens (primary N) is 1. The van der Waals surface area contributed by atoms with E-state index in [1.54, 1.807) is 28.7 Å². The highest BCUT2D eigenvalue weighted by atomic mass is 32.1. The van der Waals surface area contributed by atoms with Crippen LogP contribution in [0.1, 0.15) is 26.2 Å². The Balaban J connectivity index is 2.04. The minimum Gasteiger partial charge on any atom is -0.334 e. The van der Waals surface area contributed by atoms with Crippen LogP contribution in [0, 0.1) is 6.92 Å². The van der Waals surface area contributed by atoms with E-state index in [4.69, 9.17) is 5.73 Å². The van der Waals surface area contributed by atoms with Gasteiger partial charge in [-0.25, -0.2) is 9.97 Å². The molecule has 2 rings (SSSR count). The molecule has 0 aliphatic rings. The Morgan fingerprint density at radius 1 is 1.39 bits per heavy atom. The monoisotopic (exact) mass is 282 g/mol. The Labute approximate surface area is 113 Å². The fourth-order valence-corrected chi connectivity index (χ4v) is 2.75. The number of carbonyl (C=O) groups is 1. The van der Waals surface area contributed by atoms with E-state index in [1.807, 2.05) is 12.3 Å². The average molecular weight is 282 g/mol. The fraction of sp³-hybridized carbons (Fsp3) is 0.364. The number of hydrogen-bond donors (Lipinski definition) is 1. The van der Waals surface area contributed by atoms with Gasteiger partial charge in [0.2, 0.25) is 0 Å². The van der Waals surface area contributed by atoms with Gasteiger partial charge in [-0.1, -0.05) is 0 Å². The number of thiazole rings is 2. The summed E-state index contributed by atoms with van der Waals surface area (Å²) in [6.45, 7) is 2.82. The van der Waals surface area contributed by atoms with Gasteiger partial charge in [0.25, 0.3) is 5.91 Å². The Bertz CT molecular complexity index is 549. The molecule has 0 aromatic carbocycles. The smallest absolute Gasteiger partial charge is 0.273 e. The van der Waals surface area contributed by atoms with Gasteiger partial charge >= 0.3 is 0 Å². The maximum absolute atomic E-state index is 12.1. The highest BCUT2D eigenvalue weighted by Crippen LogP contribution is 2.14. The maximum Gasteiger partial charge on any atom is 0.273 e. The molecule has 1 amide bonds. The Kier molecular flexibility index (Phi) is 4.05. The number of carbonyl (C=O) groups excluding carboxylic acids is 1. The van der Waals surface area contributed by atoms with Gasteiger partial charge in [0, 0.05) is 24.4 Å². The molecule has 2 aromatic heterocycles. The predicted molar refractivity (Wildman–Crippen MR) is 72.7 cm³/mol. The van der Waals surface area contributed by atoms with Crippen molar-refractivity contribution in [3.05, 3.63) is 32.2 Å². The van der Waals surface area contributed by atoms with Crippen molar-refractivity contribution in [3.8, 4) is 0 Å². The quantitative estimate of drug-likeness (QED) is 0.925. The van der Waals surface area contributed by atoms with Gasteiger partial charge in [-0.05, 0) is 6.92 Å². The molecule has 2 N–H and O–H groups in total. The molecular weight excluding hydrogens is 268 g/mol. The summed E-state index contributed by atoms with van der Waals surface area (Å²) in [6.07, 6.45) is 0. The average Bonchev–Trinajstić information content (AvgIpc) is 2.97. The zero-order valence-electron chi connectivity index (χ0n) is 10.2. The summed E-state index contributed by atoms with van der Waals surface area (Å²) in [6, 6.07) is 0. The number of nitrogens with zero attached hydrogens (tertiary/aromatic N) is 3. The Morgan fingerprint density at radius 3 is 2.72 bits per heavy atom. The molecule has 0 spiro atoms. The maximum atomic E-state index is 12.1. The van der Waals surface area contributed by atoms with Crippen LogP contribution in [0.3, 0.4) is 0 Å². The molecule has 0 fully saturated rings. The first-order valence-corrected chi connectivity index (χ1v) is 7.17. The van der Waals surface area contributed by atoms with Crippen molar-refractivity contribution in [1.29, 1.82) is 0 Å². The van der Waals surface area contributed by atoms with Crippen LogP contribution < -0.4 is 5.73 Å². The minimum atomic E-state index is -0.100. The molecule has 96 valence electrons. The van der Waals surface area contributed by atoms with Crippen molar-refractivity contribution in [2.75, 3.05) is 7.05 Å². The largest absolute Gasteiger partial charge is 0.334 e. The third kappa shape index (κ3) is 2.92. The van der Waals surface area contributed by atoms with E-state index < -0.39 is 0 Å². The van der Waals surface area contributed by atoms with Crippen LogP contribution in [-0.4, -0.2) is 27.8 Å². The van der Waals surface area contributed by atoms with E-state index in [9.17, 15) is 4.79 Å². The first-order valence-electron chi connectivity index (χ1n) is 5.41. The predicted octanol–water partition coefficient (Wildman–Crippen LogP) is 1.64. The van der Waals surface area contributed by atoms with Crippen molar-refractivity contribution < 1.29 is 4.79 Å². The summed E-state index contributed by atoms with van der Waals surface area (Å²) in [5.41, 5.74) is 6.84. The lowest BCUT2D eigenvalue weighted by molar-refractivity contribution is 0.0778. The van der Waals surface area contributed by atoms with E-state index in [0.29, 0.717) is 18.8 Å². The first-order chi connectivity index (χ1) is 8.60. The summed E-state index contributed by atoms with van der Waals surface area (Å²) in [5, 5.41) is 5.49. The zero-order chi connectivity index (χ0) is 13.1. The molecule has 0 saturated heterocycles. The van der Waals surface area contributed by atoms with Gasteiger partial charge < -0.3 is 10.6 Å². The van der Waals surface area contributed by atoms with Crippen molar-refractivity contribution in [3.63, 3.8) is 0 Å². The van der Waals surface area contributed by atoms with Gasteiger partial charge in [0.15, 0.2) is 0 Å². The molecule has 0 atom stereocenters. The standard InChI is InChI=1S/C11H14N4OS2/c1-7-13-8(5-17-7)4-15(2)11(16)9-6-18-10(3-12)14-9/h5-6H,3-4,12H2,1-2H3. The normalized spacial score (nSPS) is 10.6. The van der Waals surface area contributed by atoms with Gasteiger partial charge in [-0.3, -0.25) is 4.79 Å². The molecule has 5 nitrogen and oxygen atoms in total. The summed E-state index contributed by atoms with van der Waals surface area (Å²) in [4.78, 5) is 22.2. The summed E-state index contributed by atoms with van der Waals surface area (Å²) >= 11 is 2.99. The van der Waals surface area contributed by atoms with Crippen molar-refractivity contribution in [1.82, 2.24) is 14.9 Å². The van der Waals surface area contributed by atoms with Crippen LogP contribution in [0.4, 0.5) is 0 Å². The second-order valence-electron chi connectivity index (χ2n) is 3.85. The molecule has 0 saturated carbocycles. The number of rotatable bonds is 4. The van der Waals surface area contributed by atoms with Crippen LogP contribution >= 0.6 is 22.7 Å². The lowest BCUT2D eigenvalue weighted by Gasteiger charge is -2.14. The molecule has 0 radical (unpaired) electrons. The highest BCUT2D eigenvalue weighted by molar-refractivity contribution is 7.10. The lowest BCUT2D eigenvalue weighted by atomic mass is 10.3. The van der Waals surface area contributed by atoms with Crippen molar-refractivity contribution in [2.24, 2.45) is 5.73 Å². The molecular formula is C11H14N4OS2. The van der Waals surface area contributed by atoms with E-state index in [2.05, 4.69) is 9.97 Å². The topological polar surface area (TPSA) is 72.1 Å². The number of aryl methyl sites for hydroxylation is 1. The highest BCUT2D eigenvalue weighted by Gasteiger charge is 2.16. The fourth-order valence-electron chi connectivity index (χ4n) is 1.49. The first kappa shape index (κ1) is 13.1. The summed E-state index contributed by atoms with van der Waals surface area (Å²) in [5.74, 6) is -0.100. The van der Waals surface area contributed by atoms with Crippen molar-refractivity contribution >= 4 is 28.6 Å². The van der Waals surface area contributed by atoms with Crippen LogP contribution in [0.15, 0.2) is 10.8 Å². The number of amides is 1. The van der Waals surface area contributed by atoms with Gasteiger partial charge in [0.1, 0.15) is 10.7 Å². The van der Waals surface area contributed by atoms with Crippen molar-refractivity contribution in [2.45, 2.75) is 20.0 Å². The molecule has 7 heteroatoms. The SMILES string of the molecule is Cc1nc(CN(C)C(=O)c2csc(CN)n2)cs1. The number of aromatic nitrogens is 2. The summed E-state index contributed by atoms with van der Waals surface area (Å²) < 4.78 is 0. The third-order valence-electron chi connectivity index (χ3n) is 2.36. The Morgan fingerprint density at radius 2 is 2.17 bits per heavy atom. The second-order valence-corrected chi connectivity index (χ2v) is 5.85. The van der Waals surface area contributed by atoms with Crippen LogP contribution in [0.25, 0.3) is 0 Å². The van der Waals surface area contributed by atoms with Gasteiger partial charge in [-0.15, -0.1) is 22.7 Å². The third-order valence-corrected chi connectivity index (χ3v) is 4.05. The summed E-state index contributed by atoms with van der Waals surface area (Å²) in [7, 11) is 1.75. The van der Waals surface area contributed by atoms with E-state index in [1.165, 1.54) is 11.3 Å². The number of hydrogen-bond acceptors (Lipinski definition) is 6. The van der Waals surface area contributed by atoms with E-state index in [-0.39, 0.29) is 5.91 Å². The molecule has 0 aliphatic carbocycles.